The zero-order valence-corrected chi connectivity index (χ0v) is 13.4. The average molecular weight is 254 g/mol. The molecule has 0 bridgehead atoms. The van der Waals surface area contributed by atoms with Crippen molar-refractivity contribution >= 4 is 11.5 Å². The molecule has 0 spiro atoms. The molecule has 0 aromatic heterocycles. The molecule has 106 valence electrons. The van der Waals surface area contributed by atoms with E-state index in [2.05, 4.69) is 25.7 Å². The Kier molecular flexibility index (Phi) is 6.76. The van der Waals surface area contributed by atoms with Crippen molar-refractivity contribution in [1.29, 1.82) is 0 Å². The molecule has 0 amide bonds. The van der Waals surface area contributed by atoms with Crippen LogP contribution in [0.1, 0.15) is 48.0 Å². The molecular formula is C15H30N2O. The molecule has 0 aliphatic rings. The topological polar surface area (TPSA) is 32.7 Å². The van der Waals surface area contributed by atoms with Crippen molar-refractivity contribution in [1.82, 2.24) is 4.90 Å². The summed E-state index contributed by atoms with van der Waals surface area (Å²) in [5.74, 6) is 0.605. The van der Waals surface area contributed by atoms with E-state index in [0.717, 1.165) is 12.3 Å². The van der Waals surface area contributed by atoms with Crippen LogP contribution >= 0.6 is 0 Å². The molecule has 0 rings (SSSR count). The number of aliphatic imine (C=N–C) groups is 1. The minimum atomic E-state index is -0.277. The number of likely N-dealkylation sites (N-methyl/N-ethyl adjacent to an activating group) is 1. The van der Waals surface area contributed by atoms with Gasteiger partial charge in [-0.1, -0.05) is 34.6 Å². The number of ketones is 1. The first-order valence-corrected chi connectivity index (χ1v) is 6.78. The highest BCUT2D eigenvalue weighted by Gasteiger charge is 2.23. The molecule has 1 atom stereocenters. The molecule has 0 aliphatic heterocycles. The molecule has 3 heteroatoms. The maximum absolute atomic E-state index is 12.1. The van der Waals surface area contributed by atoms with Crippen LogP contribution in [0.2, 0.25) is 0 Å². The molecule has 0 saturated heterocycles. The Balaban J connectivity index is 4.77. The van der Waals surface area contributed by atoms with Crippen molar-refractivity contribution in [2.75, 3.05) is 20.6 Å². The molecule has 3 nitrogen and oxygen atoms in total. The van der Waals surface area contributed by atoms with Gasteiger partial charge in [0.2, 0.25) is 0 Å². The van der Waals surface area contributed by atoms with Gasteiger partial charge in [0.1, 0.15) is 5.78 Å². The second kappa shape index (κ2) is 7.03. The Morgan fingerprint density at radius 2 is 1.67 bits per heavy atom. The Hall–Kier alpha value is -0.700. The van der Waals surface area contributed by atoms with E-state index < -0.39 is 0 Å². The Morgan fingerprint density at radius 3 is 2.00 bits per heavy atom. The second-order valence-corrected chi connectivity index (χ2v) is 6.74. The minimum Gasteiger partial charge on any atom is -0.307 e. The van der Waals surface area contributed by atoms with Gasteiger partial charge in [0.25, 0.3) is 0 Å². The molecule has 0 N–H and O–H groups in total. The number of rotatable bonds is 6. The molecule has 18 heavy (non-hydrogen) atoms. The highest BCUT2D eigenvalue weighted by molar-refractivity contribution is 6.04. The fraction of sp³-hybridized carbons (Fsp3) is 0.867. The molecule has 0 aliphatic carbocycles. The van der Waals surface area contributed by atoms with Crippen LogP contribution in [-0.4, -0.2) is 43.1 Å². The lowest BCUT2D eigenvalue weighted by Gasteiger charge is -2.21. The van der Waals surface area contributed by atoms with E-state index >= 15 is 0 Å². The number of carbonyl (C=O) groups is 1. The number of hydrogen-bond donors (Lipinski definition) is 0. The van der Waals surface area contributed by atoms with E-state index in [1.165, 1.54) is 0 Å². The molecule has 0 fully saturated rings. The van der Waals surface area contributed by atoms with Crippen LogP contribution in [0.25, 0.3) is 0 Å². The van der Waals surface area contributed by atoms with E-state index in [4.69, 9.17) is 4.99 Å². The highest BCUT2D eigenvalue weighted by Crippen LogP contribution is 2.19. The average Bonchev–Trinajstić information content (AvgIpc) is 2.13. The Morgan fingerprint density at radius 1 is 1.17 bits per heavy atom. The third-order valence-corrected chi connectivity index (χ3v) is 2.86. The van der Waals surface area contributed by atoms with Crippen molar-refractivity contribution in [2.45, 2.75) is 54.0 Å². The lowest BCUT2D eigenvalue weighted by atomic mass is 9.86. The van der Waals surface area contributed by atoms with Gasteiger partial charge >= 0.3 is 0 Å². The number of Topliss-reactive ketones (excluding diaryl/α,β-unsaturated/α-hetero) is 1. The van der Waals surface area contributed by atoms with E-state index in [-0.39, 0.29) is 17.2 Å². The van der Waals surface area contributed by atoms with Gasteiger partial charge in [-0.05, 0) is 26.9 Å². The fourth-order valence-corrected chi connectivity index (χ4v) is 1.68. The Labute approximate surface area is 113 Å². The van der Waals surface area contributed by atoms with Gasteiger partial charge in [-0.3, -0.25) is 9.79 Å². The van der Waals surface area contributed by atoms with Crippen molar-refractivity contribution in [3.8, 4) is 0 Å². The van der Waals surface area contributed by atoms with E-state index in [1.807, 2.05) is 34.9 Å². The fourth-order valence-electron chi connectivity index (χ4n) is 1.68. The van der Waals surface area contributed by atoms with E-state index in [1.54, 1.807) is 0 Å². The van der Waals surface area contributed by atoms with Crippen LogP contribution in [0.15, 0.2) is 4.99 Å². The predicted octanol–water partition coefficient (Wildman–Crippen LogP) is 3.04. The zero-order chi connectivity index (χ0) is 14.5. The van der Waals surface area contributed by atoms with Gasteiger partial charge in [-0.2, -0.15) is 0 Å². The first-order valence-electron chi connectivity index (χ1n) is 6.78. The van der Waals surface area contributed by atoms with Gasteiger partial charge in [-0.25, -0.2) is 0 Å². The molecule has 1 unspecified atom stereocenters. The number of hydrogen-bond acceptors (Lipinski definition) is 3. The van der Waals surface area contributed by atoms with E-state index in [0.29, 0.717) is 12.3 Å². The SMILES string of the molecule is CC(CN(C)C)N=C(CC(=O)C(C)(C)C)C(C)C. The van der Waals surface area contributed by atoms with Gasteiger partial charge < -0.3 is 4.90 Å². The summed E-state index contributed by atoms with van der Waals surface area (Å²) < 4.78 is 0. The zero-order valence-electron chi connectivity index (χ0n) is 13.4. The largest absolute Gasteiger partial charge is 0.307 e. The summed E-state index contributed by atoms with van der Waals surface area (Å²) in [6.07, 6.45) is 0.485. The van der Waals surface area contributed by atoms with E-state index in [9.17, 15) is 4.79 Å². The number of carbonyl (C=O) groups excluding carboxylic acids is 1. The van der Waals surface area contributed by atoms with Gasteiger partial charge in [0.05, 0.1) is 6.04 Å². The minimum absolute atomic E-state index is 0.241. The highest BCUT2D eigenvalue weighted by atomic mass is 16.1. The molecule has 0 aromatic carbocycles. The molecule has 0 saturated carbocycles. The van der Waals surface area contributed by atoms with Crippen LogP contribution in [0.5, 0.6) is 0 Å². The molecule has 0 heterocycles. The first-order chi connectivity index (χ1) is 8.04. The normalized spacial score (nSPS) is 15.3. The quantitative estimate of drug-likeness (QED) is 0.683. The van der Waals surface area contributed by atoms with Crippen LogP contribution < -0.4 is 0 Å². The maximum atomic E-state index is 12.1. The third kappa shape index (κ3) is 6.90. The molecular weight excluding hydrogens is 224 g/mol. The van der Waals surface area contributed by atoms with Crippen LogP contribution in [0.4, 0.5) is 0 Å². The smallest absolute Gasteiger partial charge is 0.143 e. The lowest BCUT2D eigenvalue weighted by molar-refractivity contribution is -0.125. The van der Waals surface area contributed by atoms with Crippen molar-refractivity contribution in [3.63, 3.8) is 0 Å². The summed E-state index contributed by atoms with van der Waals surface area (Å²) in [6.45, 7) is 13.1. The van der Waals surface area contributed by atoms with Gasteiger partial charge in [0.15, 0.2) is 0 Å². The van der Waals surface area contributed by atoms with Crippen molar-refractivity contribution in [3.05, 3.63) is 0 Å². The lowest BCUT2D eigenvalue weighted by Crippen LogP contribution is -2.28. The summed E-state index contributed by atoms with van der Waals surface area (Å²) in [4.78, 5) is 18.9. The number of nitrogens with zero attached hydrogens (tertiary/aromatic N) is 2. The summed E-state index contributed by atoms with van der Waals surface area (Å²) in [7, 11) is 4.09. The molecule has 0 aromatic rings. The summed E-state index contributed by atoms with van der Waals surface area (Å²) in [5, 5.41) is 0. The molecule has 0 radical (unpaired) electrons. The standard InChI is InChI=1S/C15H30N2O/c1-11(2)13(9-14(18)15(4,5)6)16-12(3)10-17(7)8/h11-12H,9-10H2,1-8H3. The van der Waals surface area contributed by atoms with Crippen LogP contribution in [0, 0.1) is 11.3 Å². The van der Waals surface area contributed by atoms with Crippen LogP contribution in [0.3, 0.4) is 0 Å². The summed E-state index contributed by atoms with van der Waals surface area (Å²) in [5.41, 5.74) is 0.754. The monoisotopic (exact) mass is 254 g/mol. The van der Waals surface area contributed by atoms with Gasteiger partial charge in [-0.15, -0.1) is 0 Å². The summed E-state index contributed by atoms with van der Waals surface area (Å²) in [6, 6.07) is 0.241. The first kappa shape index (κ1) is 17.3. The predicted molar refractivity (Wildman–Crippen MR) is 79.4 cm³/mol. The summed E-state index contributed by atoms with van der Waals surface area (Å²) >= 11 is 0. The second-order valence-electron chi connectivity index (χ2n) is 6.74. The third-order valence-electron chi connectivity index (χ3n) is 2.86. The van der Waals surface area contributed by atoms with Crippen LogP contribution in [-0.2, 0) is 4.79 Å². The van der Waals surface area contributed by atoms with Gasteiger partial charge in [0, 0.05) is 24.1 Å². The Bertz CT molecular complexity index is 298. The van der Waals surface area contributed by atoms with Crippen molar-refractivity contribution in [2.24, 2.45) is 16.3 Å². The maximum Gasteiger partial charge on any atom is 0.143 e. The van der Waals surface area contributed by atoms with Crippen molar-refractivity contribution < 1.29 is 4.79 Å².